The van der Waals surface area contributed by atoms with Crippen LogP contribution >= 0.6 is 15.9 Å². The number of hydrogen-bond acceptors (Lipinski definition) is 6. The summed E-state index contributed by atoms with van der Waals surface area (Å²) in [6.07, 6.45) is -0.241. The maximum atomic E-state index is 13.3. The number of methoxy groups -OCH3 is 1. The van der Waals surface area contributed by atoms with Gasteiger partial charge in [-0.15, -0.1) is 0 Å². The van der Waals surface area contributed by atoms with E-state index in [1.54, 1.807) is 12.1 Å². The molecule has 0 radical (unpaired) electrons. The van der Waals surface area contributed by atoms with Gasteiger partial charge in [0.25, 0.3) is 0 Å². The Bertz CT molecular complexity index is 870. The smallest absolute Gasteiger partial charge is 0.421 e. The Morgan fingerprint density at radius 3 is 2.64 bits per heavy atom. The molecule has 2 aromatic rings. The molecule has 0 aliphatic heterocycles. The van der Waals surface area contributed by atoms with Crippen LogP contribution in [0.2, 0.25) is 0 Å². The minimum Gasteiger partial charge on any atom is -0.465 e. The lowest BCUT2D eigenvalue weighted by Crippen LogP contribution is -2.20. The Hall–Kier alpha value is -2.36. The van der Waals surface area contributed by atoms with E-state index in [1.807, 2.05) is 0 Å². The summed E-state index contributed by atoms with van der Waals surface area (Å²) in [6.45, 7) is 0. The fraction of sp³-hybridized carbons (Fsp3) is 0.389. The molecule has 1 aliphatic rings. The molecule has 10 heteroatoms. The Morgan fingerprint density at radius 1 is 1.29 bits per heavy atom. The fourth-order valence-electron chi connectivity index (χ4n) is 3.02. The van der Waals surface area contributed by atoms with E-state index in [9.17, 15) is 18.0 Å². The first-order valence-corrected chi connectivity index (χ1v) is 9.43. The predicted octanol–water partition coefficient (Wildman–Crippen LogP) is 5.14. The molecule has 150 valence electrons. The summed E-state index contributed by atoms with van der Waals surface area (Å²) in [6, 6.07) is 4.72. The van der Waals surface area contributed by atoms with E-state index in [2.05, 4.69) is 36.5 Å². The van der Waals surface area contributed by atoms with Crippen LogP contribution in [0.15, 0.2) is 28.9 Å². The SMILES string of the molecule is COC(=O)c1cc(Nc2ncc(C(F)(F)F)c(NC3CCCC3)n2)ccc1Br. The molecule has 0 bridgehead atoms. The number of benzene rings is 1. The number of ether oxygens (including phenoxy) is 1. The van der Waals surface area contributed by atoms with Gasteiger partial charge in [0.15, 0.2) is 0 Å². The first kappa shape index (κ1) is 20.4. The lowest BCUT2D eigenvalue weighted by Gasteiger charge is -2.18. The molecule has 6 nitrogen and oxygen atoms in total. The van der Waals surface area contributed by atoms with Crippen molar-refractivity contribution in [2.75, 3.05) is 17.7 Å². The highest BCUT2D eigenvalue weighted by molar-refractivity contribution is 9.10. The molecule has 2 N–H and O–H groups in total. The van der Waals surface area contributed by atoms with Crippen LogP contribution < -0.4 is 10.6 Å². The Labute approximate surface area is 168 Å². The third kappa shape index (κ3) is 4.73. The van der Waals surface area contributed by atoms with Crippen LogP contribution in [0.25, 0.3) is 0 Å². The second-order valence-corrected chi connectivity index (χ2v) is 7.24. The zero-order chi connectivity index (χ0) is 20.3. The number of anilines is 3. The number of nitrogens with one attached hydrogen (secondary N) is 2. The fourth-order valence-corrected chi connectivity index (χ4v) is 3.43. The largest absolute Gasteiger partial charge is 0.465 e. The first-order valence-electron chi connectivity index (χ1n) is 8.63. The predicted molar refractivity (Wildman–Crippen MR) is 102 cm³/mol. The van der Waals surface area contributed by atoms with E-state index >= 15 is 0 Å². The highest BCUT2D eigenvalue weighted by Gasteiger charge is 2.36. The van der Waals surface area contributed by atoms with Crippen LogP contribution in [0.4, 0.5) is 30.6 Å². The summed E-state index contributed by atoms with van der Waals surface area (Å²) in [5.74, 6) is -0.804. The molecule has 28 heavy (non-hydrogen) atoms. The molecular weight excluding hydrogens is 441 g/mol. The van der Waals surface area contributed by atoms with E-state index < -0.39 is 17.7 Å². The van der Waals surface area contributed by atoms with E-state index in [1.165, 1.54) is 13.2 Å². The van der Waals surface area contributed by atoms with Crippen LogP contribution in [0.5, 0.6) is 0 Å². The van der Waals surface area contributed by atoms with Gasteiger partial charge < -0.3 is 15.4 Å². The van der Waals surface area contributed by atoms with Gasteiger partial charge in [-0.25, -0.2) is 9.78 Å². The van der Waals surface area contributed by atoms with Gasteiger partial charge in [0.2, 0.25) is 5.95 Å². The Kier molecular flexibility index (Phi) is 6.07. The second-order valence-electron chi connectivity index (χ2n) is 6.39. The van der Waals surface area contributed by atoms with Gasteiger partial charge in [0, 0.05) is 22.4 Å². The summed E-state index contributed by atoms with van der Waals surface area (Å²) < 4.78 is 45.2. The number of esters is 1. The van der Waals surface area contributed by atoms with Crippen molar-refractivity contribution >= 4 is 39.4 Å². The normalized spacial score (nSPS) is 14.8. The molecule has 3 rings (SSSR count). The van der Waals surface area contributed by atoms with Crippen molar-refractivity contribution in [2.45, 2.75) is 37.9 Å². The third-order valence-corrected chi connectivity index (χ3v) is 5.11. The van der Waals surface area contributed by atoms with Crippen molar-refractivity contribution in [3.8, 4) is 0 Å². The standard InChI is InChI=1S/C18H18BrF3N4O2/c1-28-16(27)12-8-11(6-7-14(12)19)25-17-23-9-13(18(20,21)22)15(26-17)24-10-4-2-3-5-10/h6-10H,2-5H2,1H3,(H2,23,24,25,26). The molecule has 1 saturated carbocycles. The van der Waals surface area contributed by atoms with Crippen molar-refractivity contribution in [3.05, 3.63) is 40.0 Å². The molecule has 0 unspecified atom stereocenters. The minimum atomic E-state index is -4.56. The zero-order valence-electron chi connectivity index (χ0n) is 14.9. The monoisotopic (exact) mass is 458 g/mol. The maximum Gasteiger partial charge on any atom is 0.421 e. The second kappa shape index (κ2) is 8.34. The number of rotatable bonds is 5. The number of carbonyl (C=O) groups excluding carboxylic acids is 1. The number of aromatic nitrogens is 2. The number of halogens is 4. The summed E-state index contributed by atoms with van der Waals surface area (Å²) in [5, 5.41) is 5.73. The molecule has 1 fully saturated rings. The van der Waals surface area contributed by atoms with E-state index in [0.717, 1.165) is 31.9 Å². The lowest BCUT2D eigenvalue weighted by atomic mass is 10.2. The van der Waals surface area contributed by atoms with Gasteiger partial charge in [-0.1, -0.05) is 12.8 Å². The highest BCUT2D eigenvalue weighted by atomic mass is 79.9. The molecule has 1 aromatic heterocycles. The van der Waals surface area contributed by atoms with E-state index in [0.29, 0.717) is 10.2 Å². The number of hydrogen-bond donors (Lipinski definition) is 2. The first-order chi connectivity index (χ1) is 13.3. The summed E-state index contributed by atoms with van der Waals surface area (Å²) in [4.78, 5) is 19.6. The van der Waals surface area contributed by atoms with Crippen LogP contribution in [0.3, 0.4) is 0 Å². The lowest BCUT2D eigenvalue weighted by molar-refractivity contribution is -0.137. The maximum absolute atomic E-state index is 13.3. The molecule has 1 aromatic carbocycles. The number of nitrogens with zero attached hydrogens (tertiary/aromatic N) is 2. The Balaban J connectivity index is 1.89. The molecule has 0 atom stereocenters. The van der Waals surface area contributed by atoms with E-state index in [4.69, 9.17) is 4.74 Å². The average molecular weight is 459 g/mol. The zero-order valence-corrected chi connectivity index (χ0v) is 16.5. The molecule has 0 saturated heterocycles. The van der Waals surface area contributed by atoms with Gasteiger partial charge in [-0.2, -0.15) is 18.2 Å². The third-order valence-electron chi connectivity index (χ3n) is 4.42. The topological polar surface area (TPSA) is 76.1 Å². The van der Waals surface area contributed by atoms with Crippen LogP contribution in [-0.2, 0) is 10.9 Å². The average Bonchev–Trinajstić information content (AvgIpc) is 3.15. The van der Waals surface area contributed by atoms with Crippen LogP contribution in [-0.4, -0.2) is 29.1 Å². The van der Waals surface area contributed by atoms with Gasteiger partial charge in [0.05, 0.1) is 12.7 Å². The van der Waals surface area contributed by atoms with Gasteiger partial charge >= 0.3 is 12.1 Å². The minimum absolute atomic E-state index is 0.00775. The van der Waals surface area contributed by atoms with Crippen molar-refractivity contribution in [3.63, 3.8) is 0 Å². The number of carbonyl (C=O) groups is 1. The van der Waals surface area contributed by atoms with Crippen molar-refractivity contribution in [1.82, 2.24) is 9.97 Å². The summed E-state index contributed by atoms with van der Waals surface area (Å²) >= 11 is 3.25. The van der Waals surface area contributed by atoms with Gasteiger partial charge in [0.1, 0.15) is 11.4 Å². The summed E-state index contributed by atoms with van der Waals surface area (Å²) in [7, 11) is 1.26. The quantitative estimate of drug-likeness (QED) is 0.603. The molecule has 0 amide bonds. The Morgan fingerprint density at radius 2 is 2.00 bits per heavy atom. The van der Waals surface area contributed by atoms with Crippen molar-refractivity contribution in [2.24, 2.45) is 0 Å². The van der Waals surface area contributed by atoms with Crippen molar-refractivity contribution in [1.29, 1.82) is 0 Å². The van der Waals surface area contributed by atoms with E-state index in [-0.39, 0.29) is 23.4 Å². The molecular formula is C18H18BrF3N4O2. The molecule has 1 heterocycles. The summed E-state index contributed by atoms with van der Waals surface area (Å²) in [5.41, 5.74) is -0.199. The van der Waals surface area contributed by atoms with Crippen LogP contribution in [0, 0.1) is 0 Å². The van der Waals surface area contributed by atoms with Gasteiger partial charge in [-0.3, -0.25) is 0 Å². The van der Waals surface area contributed by atoms with Crippen LogP contribution in [0.1, 0.15) is 41.6 Å². The van der Waals surface area contributed by atoms with Crippen molar-refractivity contribution < 1.29 is 22.7 Å². The molecule has 1 aliphatic carbocycles. The number of alkyl halides is 3. The van der Waals surface area contributed by atoms with Gasteiger partial charge in [-0.05, 0) is 47.0 Å². The molecule has 0 spiro atoms. The highest BCUT2D eigenvalue weighted by Crippen LogP contribution is 2.35.